The summed E-state index contributed by atoms with van der Waals surface area (Å²) in [5, 5.41) is 14.2. The molecule has 6 heterocycles. The molecule has 12 nitrogen and oxygen atoms in total. The molecular formula is C33H37N5O7. The Kier molecular flexibility index (Phi) is 7.26. The molecule has 45 heavy (non-hydrogen) atoms. The standard InChI is InChI=1S/C33H37N5O7/c1-3-21-22-15-20(39)5-6-26(22)35-28-23(21)17-38-27(28)16-25-24(30(38)41)18-44-31(42)33(25,4-2)45-32(43)37-13-11-36(12-14-37)29(40)19-7-9-34-10-8-19/h5-6,15-16,19,34,39H,3-4,7-14,17-18H2,1-2H3. The molecule has 0 saturated carbocycles. The van der Waals surface area contributed by atoms with Crippen LogP contribution in [-0.4, -0.2) is 81.7 Å². The highest BCUT2D eigenvalue weighted by Crippen LogP contribution is 2.42. The summed E-state index contributed by atoms with van der Waals surface area (Å²) in [6, 6.07) is 6.78. The lowest BCUT2D eigenvalue weighted by Crippen LogP contribution is -2.55. The van der Waals surface area contributed by atoms with Gasteiger partial charge in [0.1, 0.15) is 12.4 Å². The van der Waals surface area contributed by atoms with E-state index in [1.165, 1.54) is 4.90 Å². The van der Waals surface area contributed by atoms with Gasteiger partial charge in [0.05, 0.1) is 29.0 Å². The zero-order valence-electron chi connectivity index (χ0n) is 25.6. The van der Waals surface area contributed by atoms with E-state index in [9.17, 15) is 24.3 Å². The number of carbonyl (C=O) groups excluding carboxylic acids is 3. The Labute approximate surface area is 259 Å². The van der Waals surface area contributed by atoms with Crippen molar-refractivity contribution in [1.82, 2.24) is 24.7 Å². The Balaban J connectivity index is 1.20. The molecule has 2 amide bonds. The Morgan fingerprint density at radius 1 is 1.07 bits per heavy atom. The third kappa shape index (κ3) is 4.65. The predicted octanol–water partition coefficient (Wildman–Crippen LogP) is 2.64. The van der Waals surface area contributed by atoms with Gasteiger partial charge < -0.3 is 34.3 Å². The molecule has 4 aliphatic heterocycles. The summed E-state index contributed by atoms with van der Waals surface area (Å²) in [4.78, 5) is 62.3. The van der Waals surface area contributed by atoms with Gasteiger partial charge in [-0.05, 0) is 68.6 Å². The molecule has 1 atom stereocenters. The first kappa shape index (κ1) is 29.3. The van der Waals surface area contributed by atoms with Crippen LogP contribution >= 0.6 is 0 Å². The number of aryl methyl sites for hydroxylation is 1. The Hall–Kier alpha value is -4.45. The molecular weight excluding hydrogens is 578 g/mol. The van der Waals surface area contributed by atoms with Gasteiger partial charge in [-0.1, -0.05) is 13.8 Å². The van der Waals surface area contributed by atoms with Crippen molar-refractivity contribution < 1.29 is 29.0 Å². The van der Waals surface area contributed by atoms with Gasteiger partial charge in [-0.3, -0.25) is 9.59 Å². The van der Waals surface area contributed by atoms with Gasteiger partial charge in [0.2, 0.25) is 11.5 Å². The first-order chi connectivity index (χ1) is 21.8. The van der Waals surface area contributed by atoms with Gasteiger partial charge in [0.15, 0.2) is 0 Å². The minimum absolute atomic E-state index is 0.000623. The molecule has 2 aromatic heterocycles. The number of aromatic nitrogens is 2. The quantitative estimate of drug-likeness (QED) is 0.331. The molecule has 1 unspecified atom stereocenters. The lowest BCUT2D eigenvalue weighted by Gasteiger charge is -2.40. The Morgan fingerprint density at radius 3 is 2.51 bits per heavy atom. The number of rotatable bonds is 4. The molecule has 12 heteroatoms. The van der Waals surface area contributed by atoms with E-state index in [0.29, 0.717) is 48.5 Å². The zero-order valence-corrected chi connectivity index (χ0v) is 25.6. The summed E-state index contributed by atoms with van der Waals surface area (Å²) in [7, 11) is 0. The number of ether oxygens (including phenoxy) is 2. The molecule has 2 N–H and O–H groups in total. The fraction of sp³-hybridized carbons (Fsp3) is 0.485. The number of amides is 2. The molecule has 0 spiro atoms. The molecule has 0 bridgehead atoms. The summed E-state index contributed by atoms with van der Waals surface area (Å²) < 4.78 is 13.2. The summed E-state index contributed by atoms with van der Waals surface area (Å²) >= 11 is 0. The second kappa shape index (κ2) is 11.2. The van der Waals surface area contributed by atoms with E-state index in [0.717, 1.165) is 42.4 Å². The molecule has 2 saturated heterocycles. The number of esters is 1. The Bertz CT molecular complexity index is 1790. The van der Waals surface area contributed by atoms with Crippen LogP contribution in [0.5, 0.6) is 5.75 Å². The normalized spacial score (nSPS) is 21.2. The van der Waals surface area contributed by atoms with Crippen molar-refractivity contribution >= 4 is 28.9 Å². The van der Waals surface area contributed by atoms with Crippen LogP contribution in [0.2, 0.25) is 0 Å². The highest BCUT2D eigenvalue weighted by atomic mass is 16.6. The number of pyridine rings is 2. The average molecular weight is 616 g/mol. The lowest BCUT2D eigenvalue weighted by atomic mass is 9.85. The molecule has 2 fully saturated rings. The fourth-order valence-corrected chi connectivity index (χ4v) is 7.36. The van der Waals surface area contributed by atoms with Gasteiger partial charge in [-0.25, -0.2) is 14.6 Å². The van der Waals surface area contributed by atoms with E-state index in [2.05, 4.69) is 5.32 Å². The van der Waals surface area contributed by atoms with Crippen LogP contribution in [0.15, 0.2) is 29.1 Å². The van der Waals surface area contributed by atoms with E-state index in [4.69, 9.17) is 14.5 Å². The second-order valence-electron chi connectivity index (χ2n) is 12.2. The topological polar surface area (TPSA) is 143 Å². The van der Waals surface area contributed by atoms with Crippen LogP contribution in [0.1, 0.15) is 55.4 Å². The number of piperidine rings is 1. The van der Waals surface area contributed by atoms with E-state index in [1.807, 2.05) is 11.8 Å². The molecule has 1 aromatic carbocycles. The highest BCUT2D eigenvalue weighted by Gasteiger charge is 2.51. The number of hydrogen-bond acceptors (Lipinski definition) is 9. The smallest absolute Gasteiger partial charge is 0.411 e. The van der Waals surface area contributed by atoms with Crippen molar-refractivity contribution in [2.24, 2.45) is 5.92 Å². The van der Waals surface area contributed by atoms with Crippen LogP contribution in [0, 0.1) is 5.92 Å². The van der Waals surface area contributed by atoms with Crippen LogP contribution in [0.3, 0.4) is 0 Å². The van der Waals surface area contributed by atoms with Crippen LogP contribution in [-0.2, 0) is 44.2 Å². The third-order valence-electron chi connectivity index (χ3n) is 9.91. The first-order valence-corrected chi connectivity index (χ1v) is 15.8. The number of piperazine rings is 1. The van der Waals surface area contributed by atoms with Gasteiger partial charge in [-0.2, -0.15) is 0 Å². The number of benzene rings is 1. The van der Waals surface area contributed by atoms with Crippen molar-refractivity contribution in [3.05, 3.63) is 56.9 Å². The van der Waals surface area contributed by atoms with Crippen molar-refractivity contribution in [2.75, 3.05) is 39.3 Å². The Morgan fingerprint density at radius 2 is 1.80 bits per heavy atom. The molecule has 7 rings (SSSR count). The summed E-state index contributed by atoms with van der Waals surface area (Å²) in [5.41, 5.74) is 2.22. The number of hydrogen-bond donors (Lipinski definition) is 2. The van der Waals surface area contributed by atoms with Gasteiger partial charge in [0, 0.05) is 48.6 Å². The van der Waals surface area contributed by atoms with Gasteiger partial charge in [0.25, 0.3) is 5.56 Å². The second-order valence-corrected chi connectivity index (χ2v) is 12.2. The molecule has 0 aliphatic carbocycles. The van der Waals surface area contributed by atoms with Crippen LogP contribution < -0.4 is 10.9 Å². The molecule has 236 valence electrons. The summed E-state index contributed by atoms with van der Waals surface area (Å²) in [6.07, 6.45) is 1.67. The number of aromatic hydroxyl groups is 1. The number of carbonyl (C=O) groups is 3. The maximum absolute atomic E-state index is 14.0. The molecule has 3 aromatic rings. The van der Waals surface area contributed by atoms with Crippen molar-refractivity contribution in [1.29, 1.82) is 0 Å². The third-order valence-corrected chi connectivity index (χ3v) is 9.91. The minimum Gasteiger partial charge on any atom is -0.508 e. The van der Waals surface area contributed by atoms with Crippen molar-refractivity contribution in [2.45, 2.75) is 58.3 Å². The van der Waals surface area contributed by atoms with E-state index >= 15 is 0 Å². The van der Waals surface area contributed by atoms with Crippen molar-refractivity contribution in [3.63, 3.8) is 0 Å². The van der Waals surface area contributed by atoms with E-state index in [1.54, 1.807) is 35.8 Å². The number of nitrogens with zero attached hydrogens (tertiary/aromatic N) is 4. The van der Waals surface area contributed by atoms with Crippen molar-refractivity contribution in [3.8, 4) is 17.1 Å². The zero-order chi connectivity index (χ0) is 31.5. The number of fused-ring (bicyclic) bond motifs is 5. The van der Waals surface area contributed by atoms with E-state index < -0.39 is 17.7 Å². The first-order valence-electron chi connectivity index (χ1n) is 15.8. The minimum atomic E-state index is -1.81. The predicted molar refractivity (Wildman–Crippen MR) is 164 cm³/mol. The summed E-state index contributed by atoms with van der Waals surface area (Å²) in [5.74, 6) is -0.453. The maximum atomic E-state index is 14.0. The monoisotopic (exact) mass is 615 g/mol. The van der Waals surface area contributed by atoms with Crippen LogP contribution in [0.4, 0.5) is 4.79 Å². The fourth-order valence-electron chi connectivity index (χ4n) is 7.36. The number of phenols is 1. The highest BCUT2D eigenvalue weighted by molar-refractivity contribution is 5.90. The SMILES string of the molecule is CCc1c2c(nc3ccc(O)cc13)-c1cc3c(c(=O)n1C2)COC(=O)C3(CC)OC(=O)N1CCN(C(=O)C2CCNCC2)CC1. The van der Waals surface area contributed by atoms with Gasteiger partial charge in [-0.15, -0.1) is 0 Å². The lowest BCUT2D eigenvalue weighted by molar-refractivity contribution is -0.173. The van der Waals surface area contributed by atoms with E-state index in [-0.39, 0.29) is 54.8 Å². The molecule has 4 aliphatic rings. The number of phenolic OH excluding ortho intramolecular Hbond substituents is 1. The largest absolute Gasteiger partial charge is 0.508 e. The maximum Gasteiger partial charge on any atom is 0.411 e. The van der Waals surface area contributed by atoms with Gasteiger partial charge >= 0.3 is 12.1 Å². The number of nitrogens with one attached hydrogen (secondary N) is 1. The molecule has 0 radical (unpaired) electrons. The van der Waals surface area contributed by atoms with Crippen LogP contribution in [0.25, 0.3) is 22.3 Å². The number of cyclic esters (lactones) is 1. The summed E-state index contributed by atoms with van der Waals surface area (Å²) in [6.45, 7) is 6.83. The average Bonchev–Trinajstić information content (AvgIpc) is 3.43.